The second kappa shape index (κ2) is 10.5. The van der Waals surface area contributed by atoms with Gasteiger partial charge in [0.2, 0.25) is 0 Å². The first-order chi connectivity index (χ1) is 16.6. The Morgan fingerprint density at radius 2 is 1.76 bits per heavy atom. The van der Waals surface area contributed by atoms with Crippen molar-refractivity contribution >= 4 is 22.4 Å². The summed E-state index contributed by atoms with van der Waals surface area (Å²) >= 11 is 0. The Bertz CT molecular complexity index is 1400. The molecule has 0 aliphatic carbocycles. The summed E-state index contributed by atoms with van der Waals surface area (Å²) in [7, 11) is 1.58. The van der Waals surface area contributed by atoms with Gasteiger partial charge >= 0.3 is 0 Å². The SMILES string of the molecule is C=CCc1cc(/C=C(/C#N)c2ccc3ccccc3c2)cc(OC)c1OCc1ccc(F)cc1. The molecule has 0 spiro atoms. The minimum Gasteiger partial charge on any atom is -0.493 e. The maximum absolute atomic E-state index is 13.2. The fraction of sp³-hybridized carbons (Fsp3) is 0.100. The molecule has 4 rings (SSSR count). The summed E-state index contributed by atoms with van der Waals surface area (Å²) in [5.74, 6) is 0.876. The van der Waals surface area contributed by atoms with Crippen LogP contribution >= 0.6 is 0 Å². The first-order valence-electron chi connectivity index (χ1n) is 10.9. The van der Waals surface area contributed by atoms with Crippen molar-refractivity contribution in [1.29, 1.82) is 5.26 Å². The van der Waals surface area contributed by atoms with Gasteiger partial charge in [0, 0.05) is 5.56 Å². The van der Waals surface area contributed by atoms with Crippen LogP contribution in [0.4, 0.5) is 4.39 Å². The maximum Gasteiger partial charge on any atom is 0.165 e. The summed E-state index contributed by atoms with van der Waals surface area (Å²) in [6, 6.07) is 26.4. The lowest BCUT2D eigenvalue weighted by Crippen LogP contribution is -2.02. The zero-order chi connectivity index (χ0) is 23.9. The highest BCUT2D eigenvalue weighted by Gasteiger charge is 2.14. The zero-order valence-corrected chi connectivity index (χ0v) is 18.9. The summed E-state index contributed by atoms with van der Waals surface area (Å²) in [6.07, 6.45) is 4.21. The van der Waals surface area contributed by atoms with Crippen LogP contribution in [-0.4, -0.2) is 7.11 Å². The Morgan fingerprint density at radius 1 is 1.00 bits per heavy atom. The van der Waals surface area contributed by atoms with Gasteiger partial charge in [0.15, 0.2) is 11.5 Å². The summed E-state index contributed by atoms with van der Waals surface area (Å²) in [5, 5.41) is 12.1. The van der Waals surface area contributed by atoms with E-state index in [9.17, 15) is 9.65 Å². The van der Waals surface area contributed by atoms with Crippen LogP contribution in [-0.2, 0) is 13.0 Å². The summed E-state index contributed by atoms with van der Waals surface area (Å²) in [4.78, 5) is 0. The lowest BCUT2D eigenvalue weighted by molar-refractivity contribution is 0.282. The van der Waals surface area contributed by atoms with Crippen molar-refractivity contribution in [3.05, 3.63) is 120 Å². The number of hydrogen-bond donors (Lipinski definition) is 0. The van der Waals surface area contributed by atoms with Gasteiger partial charge in [-0.1, -0.05) is 54.6 Å². The lowest BCUT2D eigenvalue weighted by Gasteiger charge is -2.16. The molecule has 0 aromatic heterocycles. The monoisotopic (exact) mass is 449 g/mol. The van der Waals surface area contributed by atoms with Crippen molar-refractivity contribution in [2.24, 2.45) is 0 Å². The molecule has 168 valence electrons. The van der Waals surface area contributed by atoms with Gasteiger partial charge in [-0.05, 0) is 70.3 Å². The summed E-state index contributed by atoms with van der Waals surface area (Å²) in [5.41, 5.74) is 3.96. The van der Waals surface area contributed by atoms with Crippen molar-refractivity contribution in [2.45, 2.75) is 13.0 Å². The number of fused-ring (bicyclic) bond motifs is 1. The van der Waals surface area contributed by atoms with E-state index in [1.54, 1.807) is 25.3 Å². The molecule has 0 aliphatic rings. The number of nitrogens with zero attached hydrogens (tertiary/aromatic N) is 1. The van der Waals surface area contributed by atoms with Gasteiger partial charge in [0.25, 0.3) is 0 Å². The largest absolute Gasteiger partial charge is 0.493 e. The van der Waals surface area contributed by atoms with E-state index in [1.807, 2.05) is 60.7 Å². The highest BCUT2D eigenvalue weighted by atomic mass is 19.1. The smallest absolute Gasteiger partial charge is 0.165 e. The van der Waals surface area contributed by atoms with Gasteiger partial charge in [0.05, 0.1) is 18.8 Å². The minimum absolute atomic E-state index is 0.274. The molecule has 0 saturated heterocycles. The van der Waals surface area contributed by atoms with E-state index in [-0.39, 0.29) is 12.4 Å². The molecule has 3 nitrogen and oxygen atoms in total. The number of rotatable bonds is 8. The van der Waals surface area contributed by atoms with Crippen LogP contribution in [0.1, 0.15) is 22.3 Å². The zero-order valence-electron chi connectivity index (χ0n) is 18.9. The van der Waals surface area contributed by atoms with Gasteiger partial charge in [-0.3, -0.25) is 0 Å². The number of benzene rings is 4. The van der Waals surface area contributed by atoms with E-state index in [1.165, 1.54) is 12.1 Å². The van der Waals surface area contributed by atoms with E-state index in [4.69, 9.17) is 9.47 Å². The van der Waals surface area contributed by atoms with Crippen LogP contribution in [0, 0.1) is 17.1 Å². The first kappa shape index (κ1) is 22.8. The number of hydrogen-bond acceptors (Lipinski definition) is 3. The third-order valence-corrected chi connectivity index (χ3v) is 5.53. The molecular formula is C30H24FNO2. The standard InChI is InChI=1S/C30H24FNO2/c1-3-6-26-15-22(16-27(19-32)25-12-11-23-7-4-5-8-24(23)18-25)17-29(33-2)30(26)34-20-21-9-13-28(31)14-10-21/h3-5,7-18H,1,6,20H2,2H3/b27-16-. The predicted octanol–water partition coefficient (Wildman–Crippen LogP) is 7.36. The van der Waals surface area contributed by atoms with Crippen molar-refractivity contribution in [2.75, 3.05) is 7.11 Å². The Kier molecular flexibility index (Phi) is 7.05. The van der Waals surface area contributed by atoms with E-state index in [0.29, 0.717) is 23.5 Å². The van der Waals surface area contributed by atoms with Crippen LogP contribution in [0.25, 0.3) is 22.4 Å². The van der Waals surface area contributed by atoms with Gasteiger partial charge in [0.1, 0.15) is 12.4 Å². The van der Waals surface area contributed by atoms with Crippen molar-refractivity contribution < 1.29 is 13.9 Å². The number of allylic oxidation sites excluding steroid dienone is 2. The number of ether oxygens (including phenoxy) is 2. The molecule has 4 aromatic rings. The van der Waals surface area contributed by atoms with Gasteiger partial charge in [-0.25, -0.2) is 4.39 Å². The lowest BCUT2D eigenvalue weighted by atomic mass is 9.98. The minimum atomic E-state index is -0.287. The van der Waals surface area contributed by atoms with Crippen LogP contribution in [0.15, 0.2) is 91.5 Å². The van der Waals surface area contributed by atoms with Crippen molar-refractivity contribution in [3.63, 3.8) is 0 Å². The molecular weight excluding hydrogens is 425 g/mol. The molecule has 0 saturated carbocycles. The molecule has 4 heteroatoms. The number of methoxy groups -OCH3 is 1. The molecule has 0 atom stereocenters. The fourth-order valence-corrected chi connectivity index (χ4v) is 3.83. The second-order valence-corrected chi connectivity index (χ2v) is 7.85. The highest BCUT2D eigenvalue weighted by molar-refractivity contribution is 5.94. The third kappa shape index (κ3) is 5.16. The molecule has 0 N–H and O–H groups in total. The molecule has 34 heavy (non-hydrogen) atoms. The quantitative estimate of drug-likeness (QED) is 0.160. The molecule has 0 fully saturated rings. The van der Waals surface area contributed by atoms with E-state index in [0.717, 1.165) is 33.0 Å². The number of nitriles is 1. The molecule has 0 heterocycles. The van der Waals surface area contributed by atoms with Gasteiger partial charge in [-0.2, -0.15) is 5.26 Å². The molecule has 0 bridgehead atoms. The second-order valence-electron chi connectivity index (χ2n) is 7.85. The van der Waals surface area contributed by atoms with E-state index in [2.05, 4.69) is 12.6 Å². The Hall–Kier alpha value is -4.36. The Balaban J connectivity index is 1.69. The first-order valence-corrected chi connectivity index (χ1v) is 10.9. The maximum atomic E-state index is 13.2. The third-order valence-electron chi connectivity index (χ3n) is 5.53. The Morgan fingerprint density at radius 3 is 2.47 bits per heavy atom. The van der Waals surface area contributed by atoms with E-state index < -0.39 is 0 Å². The van der Waals surface area contributed by atoms with E-state index >= 15 is 0 Å². The predicted molar refractivity (Wildman–Crippen MR) is 135 cm³/mol. The van der Waals surface area contributed by atoms with Crippen molar-refractivity contribution in [1.82, 2.24) is 0 Å². The van der Waals surface area contributed by atoms with Gasteiger partial charge in [-0.15, -0.1) is 6.58 Å². The molecule has 0 unspecified atom stereocenters. The molecule has 0 radical (unpaired) electrons. The van der Waals surface area contributed by atoms with Crippen LogP contribution in [0.2, 0.25) is 0 Å². The van der Waals surface area contributed by atoms with Crippen LogP contribution in [0.5, 0.6) is 11.5 Å². The topological polar surface area (TPSA) is 42.2 Å². The van der Waals surface area contributed by atoms with Crippen LogP contribution in [0.3, 0.4) is 0 Å². The fourth-order valence-electron chi connectivity index (χ4n) is 3.83. The molecule has 4 aromatic carbocycles. The Labute approximate surface area is 199 Å². The number of halogens is 1. The summed E-state index contributed by atoms with van der Waals surface area (Å²) < 4.78 is 24.9. The normalized spacial score (nSPS) is 11.1. The van der Waals surface area contributed by atoms with Crippen LogP contribution < -0.4 is 9.47 Å². The van der Waals surface area contributed by atoms with Gasteiger partial charge < -0.3 is 9.47 Å². The molecule has 0 amide bonds. The molecule has 0 aliphatic heterocycles. The average Bonchev–Trinajstić information content (AvgIpc) is 2.87. The highest BCUT2D eigenvalue weighted by Crippen LogP contribution is 2.35. The average molecular weight is 450 g/mol. The summed E-state index contributed by atoms with van der Waals surface area (Å²) in [6.45, 7) is 4.13. The van der Waals surface area contributed by atoms with Crippen molar-refractivity contribution in [3.8, 4) is 17.6 Å².